The van der Waals surface area contributed by atoms with Crippen LogP contribution in [0, 0.1) is 11.5 Å². The Balaban J connectivity index is -0.000000130. The summed E-state index contributed by atoms with van der Waals surface area (Å²) in [6, 6.07) is 0. The third-order valence-electron chi connectivity index (χ3n) is 3.49. The molecule has 2 N–H and O–H groups in total. The number of carboxylic acids is 2. The summed E-state index contributed by atoms with van der Waals surface area (Å²) in [4.78, 5) is 19.2. The van der Waals surface area contributed by atoms with Crippen molar-refractivity contribution in [1.29, 1.82) is 0 Å². The van der Waals surface area contributed by atoms with Crippen LogP contribution < -0.4 is 5.11 Å². The van der Waals surface area contributed by atoms with Crippen molar-refractivity contribution in [3.8, 4) is 0 Å². The number of aliphatic carboxylic acids is 2. The number of carbonyl (C=O) groups is 2. The van der Waals surface area contributed by atoms with E-state index in [9.17, 15) is 9.59 Å². The second-order valence-corrected chi connectivity index (χ2v) is 5.91. The molecule has 0 fully saturated rings. The maximum Gasteiger partial charge on any atom is 2.00 e. The Labute approximate surface area is 168 Å². The first-order valence-electron chi connectivity index (χ1n) is 8.14. The van der Waals surface area contributed by atoms with Gasteiger partial charge >= 0.3 is 33.7 Å². The predicted molar refractivity (Wildman–Crippen MR) is 95.6 cm³/mol. The van der Waals surface area contributed by atoms with E-state index < -0.39 is 11.9 Å². The fourth-order valence-electron chi connectivity index (χ4n) is 1.83. The molecule has 0 aromatic carbocycles. The summed E-state index contributed by atoms with van der Waals surface area (Å²) in [5.74, 6) is -1.42. The van der Waals surface area contributed by atoms with Crippen LogP contribution in [0.25, 0.3) is 0 Å². The number of hydrogen-bond donors (Lipinski definition) is 2. The minimum absolute atomic E-state index is 0. The van der Waals surface area contributed by atoms with Crippen LogP contribution in [0.2, 0.25) is 0 Å². The molecule has 25 heavy (non-hydrogen) atoms. The van der Waals surface area contributed by atoms with Gasteiger partial charge in [0.05, 0.1) is 0 Å². The number of rotatable bonds is 4. The zero-order valence-corrected chi connectivity index (χ0v) is 18.5. The van der Waals surface area contributed by atoms with Gasteiger partial charge in [-0.3, -0.25) is 15.7 Å². The van der Waals surface area contributed by atoms with E-state index in [1.54, 1.807) is 0 Å². The van der Waals surface area contributed by atoms with Gasteiger partial charge in [0.25, 0.3) is 0 Å². The topological polar surface area (TPSA) is 97.7 Å². The van der Waals surface area contributed by atoms with Gasteiger partial charge < -0.3 is 15.3 Å². The molecule has 1 rings (SSSR count). The summed E-state index contributed by atoms with van der Waals surface area (Å²) < 4.78 is 0. The fraction of sp³-hybridized carbons (Fsp3) is 0.684. The molecule has 0 saturated heterocycles. The first kappa shape index (κ1) is 31.8. The van der Waals surface area contributed by atoms with E-state index >= 15 is 0 Å². The van der Waals surface area contributed by atoms with Crippen LogP contribution in [-0.4, -0.2) is 29.3 Å². The maximum atomic E-state index is 9.60. The molecule has 0 heterocycles. The molecule has 0 amide bonds. The van der Waals surface area contributed by atoms with Gasteiger partial charge in [-0.1, -0.05) is 47.0 Å². The van der Waals surface area contributed by atoms with E-state index in [-0.39, 0.29) is 27.1 Å². The van der Waals surface area contributed by atoms with E-state index in [1.165, 1.54) is 16.7 Å². The van der Waals surface area contributed by atoms with Crippen LogP contribution in [0.4, 0.5) is 0 Å². The summed E-state index contributed by atoms with van der Waals surface area (Å²) in [7, 11) is 0.750. The second-order valence-electron chi connectivity index (χ2n) is 5.91. The SMILES string of the molecule is CC1=[C-]C(C)(C)C(C)=C1C.CCCC(=O)O.CCCC(=O)O.C[O-].[Ti+2]. The molecular weight excluding hydrogens is 356 g/mol. The molecule has 0 atom stereocenters. The molecular formula is C19H34O5Ti. The van der Waals surface area contributed by atoms with Crippen LogP contribution >= 0.6 is 0 Å². The van der Waals surface area contributed by atoms with Crippen molar-refractivity contribution in [3.63, 3.8) is 0 Å². The molecule has 0 aromatic rings. The summed E-state index contributed by atoms with van der Waals surface area (Å²) in [6.45, 7) is 14.6. The normalized spacial score (nSPS) is 13.6. The molecule has 0 aliphatic heterocycles. The first-order valence-corrected chi connectivity index (χ1v) is 8.14. The van der Waals surface area contributed by atoms with Gasteiger partial charge in [-0.2, -0.15) is 18.3 Å². The van der Waals surface area contributed by atoms with E-state index in [0.717, 1.165) is 20.0 Å². The molecule has 144 valence electrons. The summed E-state index contributed by atoms with van der Waals surface area (Å²) >= 11 is 0. The standard InChI is InChI=1S/C10H15.2C4H8O2.CH3O.Ti/c1-7-6-10(4,5)9(3)8(7)2;2*1-2-3-4(5)6;1-2;/h1-5H3;2*2-3H2,1H3,(H,5,6);1H3;/q-1;;;-1;+2. The molecule has 0 aromatic heterocycles. The molecule has 6 heteroatoms. The molecule has 0 spiro atoms. The molecule has 0 radical (unpaired) electrons. The van der Waals surface area contributed by atoms with Gasteiger partial charge in [0.1, 0.15) is 0 Å². The Hall–Kier alpha value is -0.906. The second kappa shape index (κ2) is 17.9. The Kier molecular flexibility index (Phi) is 22.8. The van der Waals surface area contributed by atoms with Crippen molar-refractivity contribution in [2.75, 3.05) is 7.11 Å². The summed E-state index contributed by atoms with van der Waals surface area (Å²) in [5, 5.41) is 24.1. The van der Waals surface area contributed by atoms with E-state index in [4.69, 9.17) is 15.3 Å². The van der Waals surface area contributed by atoms with E-state index in [2.05, 4.69) is 40.7 Å². The zero-order valence-electron chi connectivity index (χ0n) is 16.9. The number of carboxylic acid groups (broad SMARTS) is 2. The molecule has 5 nitrogen and oxygen atoms in total. The van der Waals surface area contributed by atoms with E-state index in [0.29, 0.717) is 12.8 Å². The van der Waals surface area contributed by atoms with Crippen LogP contribution in [0.5, 0.6) is 0 Å². The minimum atomic E-state index is -0.711. The predicted octanol–water partition coefficient (Wildman–Crippen LogP) is 3.83. The Morgan fingerprint density at radius 1 is 0.960 bits per heavy atom. The smallest absolute Gasteiger partial charge is 0.857 e. The van der Waals surface area contributed by atoms with Crippen molar-refractivity contribution in [2.45, 2.75) is 74.1 Å². The zero-order chi connectivity index (χ0) is 19.9. The third-order valence-corrected chi connectivity index (χ3v) is 3.49. The van der Waals surface area contributed by atoms with Gasteiger partial charge in [-0.25, -0.2) is 5.57 Å². The van der Waals surface area contributed by atoms with Gasteiger partial charge in [-0.15, -0.1) is 6.92 Å². The minimum Gasteiger partial charge on any atom is -0.857 e. The van der Waals surface area contributed by atoms with Crippen LogP contribution in [0.1, 0.15) is 74.1 Å². The van der Waals surface area contributed by atoms with Crippen molar-refractivity contribution in [2.24, 2.45) is 5.41 Å². The Morgan fingerprint density at radius 2 is 1.28 bits per heavy atom. The summed E-state index contributed by atoms with van der Waals surface area (Å²) in [5.41, 5.74) is 4.39. The molecule has 0 saturated carbocycles. The Bertz CT molecular complexity index is 421. The third kappa shape index (κ3) is 17.7. The molecule has 1 aliphatic rings. The van der Waals surface area contributed by atoms with Crippen molar-refractivity contribution in [1.82, 2.24) is 0 Å². The van der Waals surface area contributed by atoms with Crippen LogP contribution in [0.15, 0.2) is 16.7 Å². The maximum absolute atomic E-state index is 9.60. The van der Waals surface area contributed by atoms with E-state index in [1.807, 2.05) is 13.8 Å². The largest absolute Gasteiger partial charge is 2.00 e. The van der Waals surface area contributed by atoms with Gasteiger partial charge in [0, 0.05) is 12.8 Å². The van der Waals surface area contributed by atoms with Gasteiger partial charge in [0.15, 0.2) is 0 Å². The molecule has 0 bridgehead atoms. The average Bonchev–Trinajstić information content (AvgIpc) is 2.64. The fourth-order valence-corrected chi connectivity index (χ4v) is 1.83. The van der Waals surface area contributed by atoms with Crippen molar-refractivity contribution in [3.05, 3.63) is 22.8 Å². The molecule has 1 aliphatic carbocycles. The van der Waals surface area contributed by atoms with Crippen molar-refractivity contribution >= 4 is 11.9 Å². The van der Waals surface area contributed by atoms with Gasteiger partial charge in [0.2, 0.25) is 0 Å². The van der Waals surface area contributed by atoms with Gasteiger partial charge in [-0.05, 0) is 12.8 Å². The number of hydrogen-bond acceptors (Lipinski definition) is 3. The quantitative estimate of drug-likeness (QED) is 0.562. The Morgan fingerprint density at radius 3 is 1.32 bits per heavy atom. The monoisotopic (exact) mass is 390 g/mol. The first-order chi connectivity index (χ1) is 11.0. The summed E-state index contributed by atoms with van der Waals surface area (Å²) in [6.07, 6.45) is 5.48. The van der Waals surface area contributed by atoms with Crippen molar-refractivity contribution < 1.29 is 46.6 Å². The molecule has 0 unspecified atom stereocenters. The average molecular weight is 390 g/mol. The van der Waals surface area contributed by atoms with Crippen LogP contribution in [0.3, 0.4) is 0 Å². The van der Waals surface area contributed by atoms with Crippen LogP contribution in [-0.2, 0) is 31.3 Å². The number of allylic oxidation sites excluding steroid dienone is 4.